The monoisotopic (exact) mass is 217 g/mol. The SMILES string of the molecule is C/C(=C\c1ccccc1)C1ON1C(C)(C)C. The van der Waals surface area contributed by atoms with Gasteiger partial charge in [-0.15, -0.1) is 5.06 Å². The fourth-order valence-corrected chi connectivity index (χ4v) is 1.74. The Balaban J connectivity index is 2.06. The van der Waals surface area contributed by atoms with Gasteiger partial charge < -0.3 is 0 Å². The van der Waals surface area contributed by atoms with E-state index in [1.807, 2.05) is 23.3 Å². The molecule has 1 aromatic carbocycles. The second-order valence-electron chi connectivity index (χ2n) is 5.25. The summed E-state index contributed by atoms with van der Waals surface area (Å²) in [5.74, 6) is 0. The summed E-state index contributed by atoms with van der Waals surface area (Å²) < 4.78 is 0. The number of hydrogen-bond donors (Lipinski definition) is 0. The normalized spacial score (nSPS) is 25.6. The topological polar surface area (TPSA) is 15.5 Å². The Morgan fingerprint density at radius 2 is 1.88 bits per heavy atom. The van der Waals surface area contributed by atoms with Crippen LogP contribution in [0, 0.1) is 0 Å². The second-order valence-corrected chi connectivity index (χ2v) is 5.25. The number of hydroxylamine groups is 2. The first-order valence-electron chi connectivity index (χ1n) is 5.68. The van der Waals surface area contributed by atoms with Crippen molar-refractivity contribution in [3.8, 4) is 0 Å². The van der Waals surface area contributed by atoms with E-state index in [4.69, 9.17) is 4.84 Å². The lowest BCUT2D eigenvalue weighted by molar-refractivity contribution is 0.101. The number of benzene rings is 1. The molecule has 0 radical (unpaired) electrons. The van der Waals surface area contributed by atoms with Gasteiger partial charge in [-0.1, -0.05) is 36.4 Å². The number of nitrogens with zero attached hydrogens (tertiary/aromatic N) is 1. The first-order chi connectivity index (χ1) is 7.48. The van der Waals surface area contributed by atoms with Crippen LogP contribution in [-0.4, -0.2) is 16.8 Å². The maximum Gasteiger partial charge on any atom is 0.176 e. The minimum absolute atomic E-state index is 0.0798. The Morgan fingerprint density at radius 3 is 2.38 bits per heavy atom. The predicted molar refractivity (Wildman–Crippen MR) is 66.6 cm³/mol. The molecule has 2 unspecified atom stereocenters. The lowest BCUT2D eigenvalue weighted by atomic mass is 10.1. The highest BCUT2D eigenvalue weighted by Crippen LogP contribution is 2.35. The van der Waals surface area contributed by atoms with Crippen molar-refractivity contribution in [2.75, 3.05) is 0 Å². The molecule has 1 fully saturated rings. The zero-order valence-electron chi connectivity index (χ0n) is 10.4. The van der Waals surface area contributed by atoms with Crippen LogP contribution in [0.3, 0.4) is 0 Å². The lowest BCUT2D eigenvalue weighted by Gasteiger charge is -2.16. The smallest absolute Gasteiger partial charge is 0.176 e. The van der Waals surface area contributed by atoms with E-state index in [9.17, 15) is 0 Å². The van der Waals surface area contributed by atoms with Crippen molar-refractivity contribution in [1.29, 1.82) is 0 Å². The first-order valence-corrected chi connectivity index (χ1v) is 5.68. The maximum atomic E-state index is 5.58. The molecule has 1 heterocycles. The molecule has 1 aliphatic heterocycles. The van der Waals surface area contributed by atoms with Crippen LogP contribution in [0.4, 0.5) is 0 Å². The lowest BCUT2D eigenvalue weighted by Crippen LogP contribution is -2.27. The van der Waals surface area contributed by atoms with Gasteiger partial charge in [0.15, 0.2) is 6.23 Å². The van der Waals surface area contributed by atoms with E-state index in [1.54, 1.807) is 0 Å². The van der Waals surface area contributed by atoms with Crippen molar-refractivity contribution < 1.29 is 4.84 Å². The molecular formula is C14H19NO. The van der Waals surface area contributed by atoms with Gasteiger partial charge in [-0.2, -0.15) is 0 Å². The van der Waals surface area contributed by atoms with Gasteiger partial charge in [0.25, 0.3) is 0 Å². The van der Waals surface area contributed by atoms with Crippen LogP contribution in [-0.2, 0) is 4.84 Å². The Morgan fingerprint density at radius 1 is 1.25 bits per heavy atom. The van der Waals surface area contributed by atoms with Crippen LogP contribution >= 0.6 is 0 Å². The van der Waals surface area contributed by atoms with Crippen LogP contribution in [0.25, 0.3) is 6.08 Å². The summed E-state index contributed by atoms with van der Waals surface area (Å²) in [7, 11) is 0. The third-order valence-electron chi connectivity index (χ3n) is 2.63. The number of rotatable bonds is 2. The van der Waals surface area contributed by atoms with Crippen molar-refractivity contribution >= 4 is 6.08 Å². The zero-order chi connectivity index (χ0) is 11.8. The maximum absolute atomic E-state index is 5.58. The summed E-state index contributed by atoms with van der Waals surface area (Å²) in [5.41, 5.74) is 2.56. The highest BCUT2D eigenvalue weighted by Gasteiger charge is 2.45. The summed E-state index contributed by atoms with van der Waals surface area (Å²) in [6, 6.07) is 10.3. The van der Waals surface area contributed by atoms with E-state index in [1.165, 1.54) is 11.1 Å². The molecule has 0 spiro atoms. The summed E-state index contributed by atoms with van der Waals surface area (Å²) in [6.07, 6.45) is 2.33. The van der Waals surface area contributed by atoms with Crippen molar-refractivity contribution in [1.82, 2.24) is 5.06 Å². The Labute approximate surface area is 97.5 Å². The average molecular weight is 217 g/mol. The Bertz CT molecular complexity index is 389. The van der Waals surface area contributed by atoms with Crippen LogP contribution in [0.15, 0.2) is 35.9 Å². The highest BCUT2D eigenvalue weighted by atomic mass is 16.8. The quantitative estimate of drug-likeness (QED) is 0.705. The van der Waals surface area contributed by atoms with Gasteiger partial charge in [0.2, 0.25) is 0 Å². The Hall–Kier alpha value is -1.12. The van der Waals surface area contributed by atoms with Gasteiger partial charge in [0, 0.05) is 5.54 Å². The fraction of sp³-hybridized carbons (Fsp3) is 0.429. The summed E-state index contributed by atoms with van der Waals surface area (Å²) >= 11 is 0. The second kappa shape index (κ2) is 4.04. The predicted octanol–water partition coefficient (Wildman–Crippen LogP) is 3.46. The molecule has 0 amide bonds. The minimum Gasteiger partial charge on any atom is -0.270 e. The van der Waals surface area contributed by atoms with Gasteiger partial charge in [-0.3, -0.25) is 4.84 Å². The molecule has 1 saturated heterocycles. The standard InChI is InChI=1S/C14H19NO/c1-11(10-12-8-6-5-7-9-12)13-15(16-13)14(2,3)4/h5-10,13H,1-4H3/b11-10+. The number of hydrogen-bond acceptors (Lipinski definition) is 2. The van der Waals surface area contributed by atoms with E-state index >= 15 is 0 Å². The molecule has 1 aliphatic rings. The molecule has 86 valence electrons. The summed E-state index contributed by atoms with van der Waals surface area (Å²) in [5, 5.41) is 2.03. The Kier molecular flexibility index (Phi) is 2.87. The van der Waals surface area contributed by atoms with Crippen LogP contribution in [0.5, 0.6) is 0 Å². The average Bonchev–Trinajstić information content (AvgIpc) is 2.97. The molecule has 0 aliphatic carbocycles. The molecule has 2 heteroatoms. The molecule has 2 nitrogen and oxygen atoms in total. The molecule has 0 bridgehead atoms. The molecule has 2 rings (SSSR count). The highest BCUT2D eigenvalue weighted by molar-refractivity contribution is 5.53. The van der Waals surface area contributed by atoms with Crippen LogP contribution < -0.4 is 0 Å². The van der Waals surface area contributed by atoms with Crippen molar-refractivity contribution in [2.24, 2.45) is 0 Å². The molecule has 0 aromatic heterocycles. The summed E-state index contributed by atoms with van der Waals surface area (Å²) in [4.78, 5) is 5.58. The minimum atomic E-state index is 0.0798. The molecular weight excluding hydrogens is 198 g/mol. The zero-order valence-corrected chi connectivity index (χ0v) is 10.4. The van der Waals surface area contributed by atoms with Gasteiger partial charge in [0.05, 0.1) is 0 Å². The van der Waals surface area contributed by atoms with Crippen molar-refractivity contribution in [2.45, 2.75) is 39.5 Å². The van der Waals surface area contributed by atoms with E-state index in [2.05, 4.69) is 45.9 Å². The van der Waals surface area contributed by atoms with E-state index in [0.717, 1.165) is 0 Å². The molecule has 1 aromatic rings. The van der Waals surface area contributed by atoms with Crippen LogP contribution in [0.1, 0.15) is 33.3 Å². The molecule has 16 heavy (non-hydrogen) atoms. The van der Waals surface area contributed by atoms with E-state index in [0.29, 0.717) is 0 Å². The van der Waals surface area contributed by atoms with Gasteiger partial charge >= 0.3 is 0 Å². The van der Waals surface area contributed by atoms with Gasteiger partial charge in [-0.25, -0.2) is 0 Å². The van der Waals surface area contributed by atoms with Crippen molar-refractivity contribution in [3.63, 3.8) is 0 Å². The van der Waals surface area contributed by atoms with E-state index < -0.39 is 0 Å². The van der Waals surface area contributed by atoms with Gasteiger partial charge in [0.1, 0.15) is 0 Å². The molecule has 0 N–H and O–H groups in total. The van der Waals surface area contributed by atoms with Gasteiger partial charge in [-0.05, 0) is 38.8 Å². The summed E-state index contributed by atoms with van der Waals surface area (Å²) in [6.45, 7) is 8.58. The molecule has 0 saturated carbocycles. The van der Waals surface area contributed by atoms with E-state index in [-0.39, 0.29) is 11.8 Å². The van der Waals surface area contributed by atoms with Crippen molar-refractivity contribution in [3.05, 3.63) is 41.5 Å². The van der Waals surface area contributed by atoms with Crippen LogP contribution in [0.2, 0.25) is 0 Å². The largest absolute Gasteiger partial charge is 0.270 e. The third-order valence-corrected chi connectivity index (χ3v) is 2.63. The fourth-order valence-electron chi connectivity index (χ4n) is 1.74. The first kappa shape index (κ1) is 11.4. The molecule has 2 atom stereocenters. The third kappa shape index (κ3) is 2.52.